The first-order valence-electron chi connectivity index (χ1n) is 6.36. The molecule has 0 heterocycles. The van der Waals surface area contributed by atoms with E-state index in [1.807, 2.05) is 31.1 Å². The van der Waals surface area contributed by atoms with Gasteiger partial charge in [0.2, 0.25) is 5.91 Å². The summed E-state index contributed by atoms with van der Waals surface area (Å²) in [4.78, 5) is 24.9. The van der Waals surface area contributed by atoms with Crippen LogP contribution in [0.1, 0.15) is 10.4 Å². The van der Waals surface area contributed by atoms with E-state index < -0.39 is 0 Å². The molecule has 110 valence electrons. The molecule has 0 saturated heterocycles. The van der Waals surface area contributed by atoms with Crippen LogP contribution in [0.5, 0.6) is 0 Å². The minimum atomic E-state index is -0.197. The van der Waals surface area contributed by atoms with E-state index in [0.717, 1.165) is 5.69 Å². The molecule has 0 aromatic heterocycles. The van der Waals surface area contributed by atoms with Gasteiger partial charge in [0.25, 0.3) is 5.91 Å². The summed E-state index contributed by atoms with van der Waals surface area (Å²) >= 11 is 0. The van der Waals surface area contributed by atoms with Crippen molar-refractivity contribution < 1.29 is 14.3 Å². The molecule has 1 aromatic carbocycles. The van der Waals surface area contributed by atoms with Gasteiger partial charge in [-0.25, -0.2) is 0 Å². The Morgan fingerprint density at radius 1 is 1.10 bits per heavy atom. The second kappa shape index (κ2) is 8.16. The number of nitrogens with zero attached hydrogens (tertiary/aromatic N) is 1. The number of benzene rings is 1. The molecule has 1 aromatic rings. The molecule has 0 unspecified atom stereocenters. The Labute approximate surface area is 119 Å². The molecule has 2 N–H and O–H groups in total. The first-order chi connectivity index (χ1) is 9.54. The quantitative estimate of drug-likeness (QED) is 0.702. The van der Waals surface area contributed by atoms with Crippen molar-refractivity contribution in [3.63, 3.8) is 0 Å². The van der Waals surface area contributed by atoms with Gasteiger partial charge in [-0.05, 0) is 24.3 Å². The smallest absolute Gasteiger partial charge is 0.251 e. The van der Waals surface area contributed by atoms with E-state index in [1.54, 1.807) is 12.1 Å². The maximum atomic E-state index is 11.8. The molecule has 0 radical (unpaired) electrons. The van der Waals surface area contributed by atoms with Crippen LogP contribution in [-0.4, -0.2) is 52.7 Å². The zero-order chi connectivity index (χ0) is 15.0. The lowest BCUT2D eigenvalue weighted by Crippen LogP contribution is -2.36. The highest BCUT2D eigenvalue weighted by Gasteiger charge is 2.05. The molecule has 0 aliphatic carbocycles. The van der Waals surface area contributed by atoms with Gasteiger partial charge in [0, 0.05) is 45.5 Å². The summed E-state index contributed by atoms with van der Waals surface area (Å²) in [6, 6.07) is 7.31. The predicted molar refractivity (Wildman–Crippen MR) is 78.0 cm³/mol. The van der Waals surface area contributed by atoms with Crippen molar-refractivity contribution in [2.75, 3.05) is 45.8 Å². The highest BCUT2D eigenvalue weighted by atomic mass is 16.5. The maximum Gasteiger partial charge on any atom is 0.251 e. The lowest BCUT2D eigenvalue weighted by Gasteiger charge is -2.12. The second-order valence-electron chi connectivity index (χ2n) is 4.48. The molecule has 1 rings (SSSR count). The molecule has 20 heavy (non-hydrogen) atoms. The van der Waals surface area contributed by atoms with E-state index in [-0.39, 0.29) is 18.4 Å². The lowest BCUT2D eigenvalue weighted by atomic mass is 10.2. The molecular formula is C14H21N3O3. The standard InChI is InChI=1S/C14H21N3O3/c1-17(2)12-6-4-11(5-7-12)14(19)16-9-8-15-13(18)10-20-3/h4-7H,8-10H2,1-3H3,(H,15,18)(H,16,19). The topological polar surface area (TPSA) is 70.7 Å². The van der Waals surface area contributed by atoms with Crippen molar-refractivity contribution in [2.24, 2.45) is 0 Å². The monoisotopic (exact) mass is 279 g/mol. The average molecular weight is 279 g/mol. The van der Waals surface area contributed by atoms with Gasteiger partial charge >= 0.3 is 0 Å². The van der Waals surface area contributed by atoms with E-state index in [0.29, 0.717) is 18.7 Å². The Kier molecular flexibility index (Phi) is 6.52. The van der Waals surface area contributed by atoms with E-state index in [2.05, 4.69) is 15.4 Å². The van der Waals surface area contributed by atoms with Gasteiger partial charge in [0.15, 0.2) is 0 Å². The largest absolute Gasteiger partial charge is 0.378 e. The number of anilines is 1. The molecule has 0 aliphatic rings. The fraction of sp³-hybridized carbons (Fsp3) is 0.429. The van der Waals surface area contributed by atoms with Crippen molar-refractivity contribution in [3.8, 4) is 0 Å². The van der Waals surface area contributed by atoms with E-state index in [4.69, 9.17) is 0 Å². The summed E-state index contributed by atoms with van der Waals surface area (Å²) in [5.74, 6) is -0.353. The Balaban J connectivity index is 2.34. The minimum Gasteiger partial charge on any atom is -0.378 e. The molecule has 0 saturated carbocycles. The number of carbonyl (C=O) groups excluding carboxylic acids is 2. The van der Waals surface area contributed by atoms with Crippen LogP contribution in [-0.2, 0) is 9.53 Å². The SMILES string of the molecule is COCC(=O)NCCNC(=O)c1ccc(N(C)C)cc1. The minimum absolute atomic E-state index is 0.0277. The van der Waals surface area contributed by atoms with Gasteiger partial charge in [0.1, 0.15) is 6.61 Å². The van der Waals surface area contributed by atoms with E-state index in [1.165, 1.54) is 7.11 Å². The van der Waals surface area contributed by atoms with Gasteiger partial charge in [-0.2, -0.15) is 0 Å². The number of hydrogen-bond acceptors (Lipinski definition) is 4. The number of hydrogen-bond donors (Lipinski definition) is 2. The van der Waals surface area contributed by atoms with Crippen LogP contribution in [0.4, 0.5) is 5.69 Å². The van der Waals surface area contributed by atoms with Crippen LogP contribution in [0.25, 0.3) is 0 Å². The number of nitrogens with one attached hydrogen (secondary N) is 2. The molecule has 6 nitrogen and oxygen atoms in total. The summed E-state index contributed by atoms with van der Waals surface area (Å²) in [5.41, 5.74) is 1.63. The normalized spacial score (nSPS) is 9.95. The number of ether oxygens (including phenoxy) is 1. The number of carbonyl (C=O) groups is 2. The van der Waals surface area contributed by atoms with Crippen LogP contribution in [0.15, 0.2) is 24.3 Å². The second-order valence-corrected chi connectivity index (χ2v) is 4.48. The van der Waals surface area contributed by atoms with Crippen molar-refractivity contribution >= 4 is 17.5 Å². The van der Waals surface area contributed by atoms with Crippen molar-refractivity contribution in [2.45, 2.75) is 0 Å². The summed E-state index contributed by atoms with van der Waals surface area (Å²) in [7, 11) is 5.34. The molecule has 0 atom stereocenters. The van der Waals surface area contributed by atoms with Crippen LogP contribution in [0.3, 0.4) is 0 Å². The highest BCUT2D eigenvalue weighted by Crippen LogP contribution is 2.11. The number of methoxy groups -OCH3 is 1. The lowest BCUT2D eigenvalue weighted by molar-refractivity contribution is -0.124. The first kappa shape index (κ1) is 16.0. The molecule has 2 amide bonds. The van der Waals surface area contributed by atoms with Gasteiger partial charge in [-0.1, -0.05) is 0 Å². The van der Waals surface area contributed by atoms with Gasteiger partial charge in [-0.3, -0.25) is 9.59 Å². The third-order valence-corrected chi connectivity index (χ3v) is 2.65. The van der Waals surface area contributed by atoms with Crippen LogP contribution < -0.4 is 15.5 Å². The third-order valence-electron chi connectivity index (χ3n) is 2.65. The molecule has 0 aliphatic heterocycles. The fourth-order valence-electron chi connectivity index (χ4n) is 1.57. The first-order valence-corrected chi connectivity index (χ1v) is 6.36. The van der Waals surface area contributed by atoms with Gasteiger partial charge in [-0.15, -0.1) is 0 Å². The van der Waals surface area contributed by atoms with Gasteiger partial charge in [0.05, 0.1) is 0 Å². The number of rotatable bonds is 7. The summed E-state index contributed by atoms with van der Waals surface area (Å²) < 4.78 is 4.68. The Morgan fingerprint density at radius 2 is 1.70 bits per heavy atom. The molecule has 0 spiro atoms. The van der Waals surface area contributed by atoms with Crippen molar-refractivity contribution in [1.82, 2.24) is 10.6 Å². The fourth-order valence-corrected chi connectivity index (χ4v) is 1.57. The third kappa shape index (κ3) is 5.27. The predicted octanol–water partition coefficient (Wildman–Crippen LogP) is 0.245. The Morgan fingerprint density at radius 3 is 2.25 bits per heavy atom. The Hall–Kier alpha value is -2.08. The maximum absolute atomic E-state index is 11.8. The molecule has 0 bridgehead atoms. The summed E-state index contributed by atoms with van der Waals surface area (Å²) in [5, 5.41) is 5.37. The Bertz CT molecular complexity index is 443. The molecular weight excluding hydrogens is 258 g/mol. The average Bonchev–Trinajstić information content (AvgIpc) is 2.43. The summed E-state index contributed by atoms with van der Waals surface area (Å²) in [6.45, 7) is 0.785. The van der Waals surface area contributed by atoms with Gasteiger partial charge < -0.3 is 20.3 Å². The van der Waals surface area contributed by atoms with E-state index in [9.17, 15) is 9.59 Å². The summed E-state index contributed by atoms with van der Waals surface area (Å²) in [6.07, 6.45) is 0. The number of amides is 2. The van der Waals surface area contributed by atoms with Crippen molar-refractivity contribution in [3.05, 3.63) is 29.8 Å². The van der Waals surface area contributed by atoms with E-state index >= 15 is 0 Å². The van der Waals surface area contributed by atoms with Crippen LogP contribution >= 0.6 is 0 Å². The molecule has 6 heteroatoms. The highest BCUT2D eigenvalue weighted by molar-refractivity contribution is 5.94. The van der Waals surface area contributed by atoms with Crippen molar-refractivity contribution in [1.29, 1.82) is 0 Å². The molecule has 0 fully saturated rings. The zero-order valence-electron chi connectivity index (χ0n) is 12.1. The van der Waals surface area contributed by atoms with Crippen LogP contribution in [0.2, 0.25) is 0 Å². The van der Waals surface area contributed by atoms with Crippen LogP contribution in [0, 0.1) is 0 Å². The zero-order valence-corrected chi connectivity index (χ0v) is 12.1.